The summed E-state index contributed by atoms with van der Waals surface area (Å²) in [5, 5.41) is 6.30. The smallest absolute Gasteiger partial charge is 0.251 e. The Morgan fingerprint density at radius 2 is 1.94 bits per heavy atom. The van der Waals surface area contributed by atoms with E-state index >= 15 is 0 Å². The molecule has 1 aromatic rings. The van der Waals surface area contributed by atoms with Gasteiger partial charge in [0.2, 0.25) is 0 Å². The SMILES string of the molecule is CCCNc1ccc(C(=O)NCC2(C)CC2)cc1. The molecule has 1 amide bonds. The molecule has 0 spiro atoms. The molecule has 1 aliphatic rings. The highest BCUT2D eigenvalue weighted by Gasteiger charge is 2.37. The Morgan fingerprint density at radius 1 is 1.28 bits per heavy atom. The summed E-state index contributed by atoms with van der Waals surface area (Å²) in [6, 6.07) is 7.68. The second-order valence-electron chi connectivity index (χ2n) is 5.50. The van der Waals surface area contributed by atoms with Crippen LogP contribution in [0, 0.1) is 5.41 Å². The zero-order valence-corrected chi connectivity index (χ0v) is 11.3. The second-order valence-corrected chi connectivity index (χ2v) is 5.50. The Hall–Kier alpha value is -1.51. The number of hydrogen-bond acceptors (Lipinski definition) is 2. The molecule has 18 heavy (non-hydrogen) atoms. The zero-order chi connectivity index (χ0) is 13.0. The van der Waals surface area contributed by atoms with E-state index in [0.29, 0.717) is 5.41 Å². The summed E-state index contributed by atoms with van der Waals surface area (Å²) in [6.07, 6.45) is 3.56. The minimum absolute atomic E-state index is 0.0326. The lowest BCUT2D eigenvalue weighted by atomic mass is 10.1. The van der Waals surface area contributed by atoms with Gasteiger partial charge in [-0.2, -0.15) is 0 Å². The van der Waals surface area contributed by atoms with E-state index in [2.05, 4.69) is 24.5 Å². The van der Waals surface area contributed by atoms with Gasteiger partial charge in [0, 0.05) is 24.3 Å². The molecule has 0 atom stereocenters. The largest absolute Gasteiger partial charge is 0.385 e. The van der Waals surface area contributed by atoms with Crippen molar-refractivity contribution in [1.29, 1.82) is 0 Å². The average Bonchev–Trinajstić information content (AvgIpc) is 3.13. The van der Waals surface area contributed by atoms with Crippen molar-refractivity contribution >= 4 is 11.6 Å². The van der Waals surface area contributed by atoms with Crippen LogP contribution in [0.5, 0.6) is 0 Å². The summed E-state index contributed by atoms with van der Waals surface area (Å²) in [4.78, 5) is 11.9. The van der Waals surface area contributed by atoms with Gasteiger partial charge in [-0.3, -0.25) is 4.79 Å². The number of benzene rings is 1. The monoisotopic (exact) mass is 246 g/mol. The van der Waals surface area contributed by atoms with Crippen LogP contribution in [0.4, 0.5) is 5.69 Å². The van der Waals surface area contributed by atoms with Crippen LogP contribution in [0.2, 0.25) is 0 Å². The highest BCUT2D eigenvalue weighted by Crippen LogP contribution is 2.44. The predicted molar refractivity (Wildman–Crippen MR) is 74.9 cm³/mol. The number of rotatable bonds is 6. The summed E-state index contributed by atoms with van der Waals surface area (Å²) >= 11 is 0. The molecule has 0 aromatic heterocycles. The van der Waals surface area contributed by atoms with E-state index in [1.54, 1.807) is 0 Å². The van der Waals surface area contributed by atoms with Gasteiger partial charge >= 0.3 is 0 Å². The van der Waals surface area contributed by atoms with Crippen molar-refractivity contribution < 1.29 is 4.79 Å². The molecule has 0 unspecified atom stereocenters. The number of hydrogen-bond donors (Lipinski definition) is 2. The van der Waals surface area contributed by atoms with Gasteiger partial charge in [-0.25, -0.2) is 0 Å². The van der Waals surface area contributed by atoms with Crippen molar-refractivity contribution in [3.8, 4) is 0 Å². The number of carbonyl (C=O) groups is 1. The Morgan fingerprint density at radius 3 is 2.50 bits per heavy atom. The van der Waals surface area contributed by atoms with Crippen LogP contribution in [0.25, 0.3) is 0 Å². The molecule has 98 valence electrons. The Labute approximate surface area is 109 Å². The lowest BCUT2D eigenvalue weighted by molar-refractivity contribution is 0.0946. The first kappa shape index (κ1) is 12.9. The van der Waals surface area contributed by atoms with Crippen LogP contribution >= 0.6 is 0 Å². The molecule has 0 heterocycles. The fraction of sp³-hybridized carbons (Fsp3) is 0.533. The van der Waals surface area contributed by atoms with Crippen molar-refractivity contribution in [2.45, 2.75) is 33.1 Å². The minimum Gasteiger partial charge on any atom is -0.385 e. The Bertz CT molecular complexity index is 407. The van der Waals surface area contributed by atoms with Crippen LogP contribution < -0.4 is 10.6 Å². The maximum atomic E-state index is 11.9. The van der Waals surface area contributed by atoms with Gasteiger partial charge in [0.25, 0.3) is 5.91 Å². The van der Waals surface area contributed by atoms with Crippen molar-refractivity contribution in [2.24, 2.45) is 5.41 Å². The molecule has 0 radical (unpaired) electrons. The van der Waals surface area contributed by atoms with Crippen molar-refractivity contribution in [3.63, 3.8) is 0 Å². The summed E-state index contributed by atoms with van der Waals surface area (Å²) < 4.78 is 0. The summed E-state index contributed by atoms with van der Waals surface area (Å²) in [7, 11) is 0. The summed E-state index contributed by atoms with van der Waals surface area (Å²) in [5.74, 6) is 0.0326. The number of amides is 1. The van der Waals surface area contributed by atoms with E-state index in [1.165, 1.54) is 12.8 Å². The van der Waals surface area contributed by atoms with E-state index in [-0.39, 0.29) is 5.91 Å². The van der Waals surface area contributed by atoms with Crippen LogP contribution in [0.15, 0.2) is 24.3 Å². The first-order valence-corrected chi connectivity index (χ1v) is 6.75. The van der Waals surface area contributed by atoms with Crippen molar-refractivity contribution in [1.82, 2.24) is 5.32 Å². The average molecular weight is 246 g/mol. The highest BCUT2D eigenvalue weighted by atomic mass is 16.1. The molecule has 0 bridgehead atoms. The van der Waals surface area contributed by atoms with Gasteiger partial charge in [0.15, 0.2) is 0 Å². The standard InChI is InChI=1S/C15H22N2O/c1-3-10-16-13-6-4-12(5-7-13)14(18)17-11-15(2)8-9-15/h4-7,16H,3,8-11H2,1-2H3,(H,17,18). The van der Waals surface area contributed by atoms with Gasteiger partial charge in [-0.15, -0.1) is 0 Å². The number of nitrogens with one attached hydrogen (secondary N) is 2. The maximum Gasteiger partial charge on any atom is 0.251 e. The third kappa shape index (κ3) is 3.49. The molecular weight excluding hydrogens is 224 g/mol. The summed E-state index contributed by atoms with van der Waals surface area (Å²) in [5.41, 5.74) is 2.17. The van der Waals surface area contributed by atoms with Crippen LogP contribution in [0.1, 0.15) is 43.5 Å². The van der Waals surface area contributed by atoms with E-state index in [1.807, 2.05) is 24.3 Å². The molecule has 3 nitrogen and oxygen atoms in total. The van der Waals surface area contributed by atoms with Gasteiger partial charge in [0.1, 0.15) is 0 Å². The van der Waals surface area contributed by atoms with Gasteiger partial charge in [-0.1, -0.05) is 13.8 Å². The first-order valence-electron chi connectivity index (χ1n) is 6.75. The second kappa shape index (κ2) is 5.42. The van der Waals surface area contributed by atoms with Crippen LogP contribution in [-0.2, 0) is 0 Å². The molecule has 0 saturated heterocycles. The normalized spacial score (nSPS) is 16.1. The number of carbonyl (C=O) groups excluding carboxylic acids is 1. The molecule has 1 aliphatic carbocycles. The third-order valence-corrected chi connectivity index (χ3v) is 3.51. The quantitative estimate of drug-likeness (QED) is 0.810. The lowest BCUT2D eigenvalue weighted by Crippen LogP contribution is -2.28. The Balaban J connectivity index is 1.85. The van der Waals surface area contributed by atoms with E-state index in [9.17, 15) is 4.79 Å². The van der Waals surface area contributed by atoms with Gasteiger partial charge < -0.3 is 10.6 Å². The maximum absolute atomic E-state index is 11.9. The fourth-order valence-electron chi connectivity index (χ4n) is 1.79. The Kier molecular flexibility index (Phi) is 3.90. The van der Waals surface area contributed by atoms with Gasteiger partial charge in [-0.05, 0) is 48.9 Å². The molecule has 1 fully saturated rings. The zero-order valence-electron chi connectivity index (χ0n) is 11.3. The molecule has 1 saturated carbocycles. The van der Waals surface area contributed by atoms with E-state index < -0.39 is 0 Å². The van der Waals surface area contributed by atoms with E-state index in [4.69, 9.17) is 0 Å². The molecule has 2 N–H and O–H groups in total. The minimum atomic E-state index is 0.0326. The predicted octanol–water partition coefficient (Wildman–Crippen LogP) is 3.04. The molecular formula is C15H22N2O. The van der Waals surface area contributed by atoms with Gasteiger partial charge in [0.05, 0.1) is 0 Å². The molecule has 0 aliphatic heterocycles. The van der Waals surface area contributed by atoms with Crippen molar-refractivity contribution in [3.05, 3.63) is 29.8 Å². The summed E-state index contributed by atoms with van der Waals surface area (Å²) in [6.45, 7) is 6.10. The molecule has 1 aromatic carbocycles. The fourth-order valence-corrected chi connectivity index (χ4v) is 1.79. The van der Waals surface area contributed by atoms with Crippen LogP contribution in [-0.4, -0.2) is 19.0 Å². The molecule has 3 heteroatoms. The lowest BCUT2D eigenvalue weighted by Gasteiger charge is -2.10. The topological polar surface area (TPSA) is 41.1 Å². The van der Waals surface area contributed by atoms with Crippen molar-refractivity contribution in [2.75, 3.05) is 18.4 Å². The third-order valence-electron chi connectivity index (χ3n) is 3.51. The van der Waals surface area contributed by atoms with Crippen LogP contribution in [0.3, 0.4) is 0 Å². The molecule has 2 rings (SSSR count). The first-order chi connectivity index (χ1) is 8.63. The highest BCUT2D eigenvalue weighted by molar-refractivity contribution is 5.94. The van der Waals surface area contributed by atoms with E-state index in [0.717, 1.165) is 30.8 Å². The number of anilines is 1.